The normalized spacial score (nSPS) is 13.9. The van der Waals surface area contributed by atoms with E-state index in [1.807, 2.05) is 31.2 Å². The average molecular weight is 405 g/mol. The zero-order valence-electron chi connectivity index (χ0n) is 12.7. The zero-order valence-corrected chi connectivity index (χ0v) is 15.1. The minimum atomic E-state index is -0.295. The molecule has 1 aromatic carbocycles. The Hall–Kier alpha value is -2.13. The topological polar surface area (TPSA) is 85.6 Å². The minimum Gasteiger partial charge on any atom is -0.295 e. The van der Waals surface area contributed by atoms with Crippen LogP contribution in [-0.4, -0.2) is 31.1 Å². The van der Waals surface area contributed by atoms with Gasteiger partial charge in [-0.2, -0.15) is 0 Å². The molecule has 0 bridgehead atoms. The standard InChI is InChI=1S/C15H13BrN6OS/c1-8-18-20-15(24-8)17-14(23)12-13(9-2-3-9)22(21-19-12)11-6-4-10(16)5-7-11/h4-7,9H,2-3H2,1H3,(H,17,20,23). The molecule has 0 aliphatic heterocycles. The molecule has 122 valence electrons. The van der Waals surface area contributed by atoms with Crippen molar-refractivity contribution in [3.63, 3.8) is 0 Å². The van der Waals surface area contributed by atoms with E-state index in [2.05, 4.69) is 41.8 Å². The maximum absolute atomic E-state index is 12.6. The SMILES string of the molecule is Cc1nnc(NC(=O)c2nnn(-c3ccc(Br)cc3)c2C2CC2)s1. The van der Waals surface area contributed by atoms with Crippen LogP contribution in [0.5, 0.6) is 0 Å². The lowest BCUT2D eigenvalue weighted by Crippen LogP contribution is -2.15. The van der Waals surface area contributed by atoms with Gasteiger partial charge in [0.1, 0.15) is 5.01 Å². The first-order chi connectivity index (χ1) is 11.6. The first kappa shape index (κ1) is 15.4. The Morgan fingerprint density at radius 3 is 2.62 bits per heavy atom. The van der Waals surface area contributed by atoms with Crippen molar-refractivity contribution in [2.75, 3.05) is 5.32 Å². The van der Waals surface area contributed by atoms with E-state index < -0.39 is 0 Å². The Balaban J connectivity index is 1.68. The Morgan fingerprint density at radius 1 is 1.25 bits per heavy atom. The van der Waals surface area contributed by atoms with E-state index in [1.54, 1.807) is 4.68 Å². The molecule has 2 heterocycles. The number of aromatic nitrogens is 5. The summed E-state index contributed by atoms with van der Waals surface area (Å²) in [6.07, 6.45) is 2.09. The second kappa shape index (κ2) is 6.06. The molecule has 3 aromatic rings. The number of carbonyl (C=O) groups excluding carboxylic acids is 1. The van der Waals surface area contributed by atoms with Crippen LogP contribution in [0.25, 0.3) is 5.69 Å². The highest BCUT2D eigenvalue weighted by Crippen LogP contribution is 2.42. The van der Waals surface area contributed by atoms with Gasteiger partial charge in [0, 0.05) is 10.4 Å². The van der Waals surface area contributed by atoms with Gasteiger partial charge in [-0.15, -0.1) is 15.3 Å². The summed E-state index contributed by atoms with van der Waals surface area (Å²) in [6.45, 7) is 1.84. The zero-order chi connectivity index (χ0) is 16.7. The molecule has 2 aromatic heterocycles. The molecule has 0 radical (unpaired) electrons. The molecule has 1 fully saturated rings. The predicted molar refractivity (Wildman–Crippen MR) is 93.6 cm³/mol. The molecule has 1 saturated carbocycles. The largest absolute Gasteiger partial charge is 0.295 e. The van der Waals surface area contributed by atoms with Crippen molar-refractivity contribution in [1.82, 2.24) is 25.2 Å². The number of hydrogen-bond acceptors (Lipinski definition) is 6. The highest BCUT2D eigenvalue weighted by Gasteiger charge is 2.34. The van der Waals surface area contributed by atoms with Crippen LogP contribution in [0.15, 0.2) is 28.7 Å². The van der Waals surface area contributed by atoms with Crippen LogP contribution in [0.2, 0.25) is 0 Å². The molecule has 1 amide bonds. The molecule has 0 spiro atoms. The fourth-order valence-electron chi connectivity index (χ4n) is 2.45. The minimum absolute atomic E-state index is 0.295. The molecule has 0 atom stereocenters. The summed E-state index contributed by atoms with van der Waals surface area (Å²) < 4.78 is 2.74. The van der Waals surface area contributed by atoms with Gasteiger partial charge >= 0.3 is 0 Å². The second-order valence-electron chi connectivity index (χ2n) is 5.57. The van der Waals surface area contributed by atoms with Gasteiger partial charge < -0.3 is 0 Å². The average Bonchev–Trinajstić information content (AvgIpc) is 3.18. The fourth-order valence-corrected chi connectivity index (χ4v) is 3.30. The summed E-state index contributed by atoms with van der Waals surface area (Å²) >= 11 is 4.76. The number of aryl methyl sites for hydroxylation is 1. The highest BCUT2D eigenvalue weighted by atomic mass is 79.9. The Labute approximate surface area is 150 Å². The van der Waals surface area contributed by atoms with Crippen molar-refractivity contribution in [1.29, 1.82) is 0 Å². The molecule has 0 saturated heterocycles. The molecule has 9 heteroatoms. The molecule has 24 heavy (non-hydrogen) atoms. The van der Waals surface area contributed by atoms with Crippen molar-refractivity contribution in [3.05, 3.63) is 45.1 Å². The summed E-state index contributed by atoms with van der Waals surface area (Å²) in [7, 11) is 0. The van der Waals surface area contributed by atoms with Gasteiger partial charge in [-0.3, -0.25) is 10.1 Å². The number of rotatable bonds is 4. The maximum atomic E-state index is 12.6. The van der Waals surface area contributed by atoms with E-state index in [4.69, 9.17) is 0 Å². The Kier molecular flexibility index (Phi) is 3.89. The van der Waals surface area contributed by atoms with Crippen LogP contribution in [0.1, 0.15) is 39.9 Å². The van der Waals surface area contributed by atoms with Gasteiger partial charge in [0.2, 0.25) is 5.13 Å². The van der Waals surface area contributed by atoms with Gasteiger partial charge in [0.25, 0.3) is 5.91 Å². The number of halogens is 1. The summed E-state index contributed by atoms with van der Waals surface area (Å²) in [5.41, 5.74) is 2.10. The first-order valence-electron chi connectivity index (χ1n) is 7.45. The van der Waals surface area contributed by atoms with Crippen molar-refractivity contribution in [3.8, 4) is 5.69 Å². The van der Waals surface area contributed by atoms with Crippen molar-refractivity contribution in [2.45, 2.75) is 25.7 Å². The van der Waals surface area contributed by atoms with Gasteiger partial charge in [-0.05, 0) is 44.0 Å². The smallest absolute Gasteiger partial charge is 0.279 e. The lowest BCUT2D eigenvalue weighted by Gasteiger charge is -2.07. The van der Waals surface area contributed by atoms with Crippen LogP contribution in [0, 0.1) is 6.92 Å². The second-order valence-corrected chi connectivity index (χ2v) is 7.66. The number of carbonyl (C=O) groups is 1. The van der Waals surface area contributed by atoms with E-state index in [-0.39, 0.29) is 5.91 Å². The first-order valence-corrected chi connectivity index (χ1v) is 9.06. The quantitative estimate of drug-likeness (QED) is 0.720. The molecule has 7 nitrogen and oxygen atoms in total. The maximum Gasteiger partial charge on any atom is 0.279 e. The van der Waals surface area contributed by atoms with E-state index >= 15 is 0 Å². The predicted octanol–water partition coefficient (Wildman–Crippen LogP) is 3.32. The third kappa shape index (κ3) is 2.96. The number of hydrogen-bond donors (Lipinski definition) is 1. The molecular weight excluding hydrogens is 392 g/mol. The molecule has 0 unspecified atom stereocenters. The van der Waals surface area contributed by atoms with E-state index in [1.165, 1.54) is 11.3 Å². The monoisotopic (exact) mass is 404 g/mol. The van der Waals surface area contributed by atoms with Crippen LogP contribution in [0.4, 0.5) is 5.13 Å². The van der Waals surface area contributed by atoms with E-state index in [0.717, 1.165) is 33.7 Å². The fraction of sp³-hybridized carbons (Fsp3) is 0.267. The van der Waals surface area contributed by atoms with Gasteiger partial charge in [-0.25, -0.2) is 4.68 Å². The lowest BCUT2D eigenvalue weighted by atomic mass is 10.2. The van der Waals surface area contributed by atoms with Crippen molar-refractivity contribution in [2.24, 2.45) is 0 Å². The van der Waals surface area contributed by atoms with Crippen LogP contribution >= 0.6 is 27.3 Å². The lowest BCUT2D eigenvalue weighted by molar-refractivity contribution is 0.102. The molecule has 1 aliphatic rings. The molecular formula is C15H13BrN6OS. The van der Waals surface area contributed by atoms with Gasteiger partial charge in [0.05, 0.1) is 11.4 Å². The Bertz CT molecular complexity index is 899. The van der Waals surface area contributed by atoms with Gasteiger partial charge in [-0.1, -0.05) is 32.5 Å². The summed E-state index contributed by atoms with van der Waals surface area (Å²) in [5.74, 6) is 0.0250. The van der Waals surface area contributed by atoms with E-state index in [9.17, 15) is 4.79 Å². The summed E-state index contributed by atoms with van der Waals surface area (Å²) in [5, 5.41) is 20.2. The number of anilines is 1. The number of nitrogens with one attached hydrogen (secondary N) is 1. The highest BCUT2D eigenvalue weighted by molar-refractivity contribution is 9.10. The van der Waals surface area contributed by atoms with Crippen molar-refractivity contribution >= 4 is 38.3 Å². The van der Waals surface area contributed by atoms with Crippen LogP contribution < -0.4 is 5.32 Å². The van der Waals surface area contributed by atoms with Crippen molar-refractivity contribution < 1.29 is 4.79 Å². The van der Waals surface area contributed by atoms with Gasteiger partial charge in [0.15, 0.2) is 5.69 Å². The Morgan fingerprint density at radius 2 is 2.00 bits per heavy atom. The third-order valence-electron chi connectivity index (χ3n) is 3.70. The number of amides is 1. The van der Waals surface area contributed by atoms with Crippen LogP contribution in [-0.2, 0) is 0 Å². The van der Waals surface area contributed by atoms with Crippen LogP contribution in [0.3, 0.4) is 0 Å². The number of nitrogens with zero attached hydrogens (tertiary/aromatic N) is 5. The molecule has 1 N–H and O–H groups in total. The molecule has 1 aliphatic carbocycles. The van der Waals surface area contributed by atoms with E-state index in [0.29, 0.717) is 16.7 Å². The third-order valence-corrected chi connectivity index (χ3v) is 4.98. The summed E-state index contributed by atoms with van der Waals surface area (Å²) in [6, 6.07) is 7.77. The summed E-state index contributed by atoms with van der Waals surface area (Å²) in [4.78, 5) is 12.6. The molecule has 4 rings (SSSR count). The number of benzene rings is 1.